The van der Waals surface area contributed by atoms with Crippen LogP contribution in [0, 0.1) is 17.5 Å². The van der Waals surface area contributed by atoms with E-state index in [9.17, 15) is 23.1 Å². The largest absolute Gasteiger partial charge is 1.00 e. The second-order valence-corrected chi connectivity index (χ2v) is 7.17. The fourth-order valence-electron chi connectivity index (χ4n) is 3.75. The van der Waals surface area contributed by atoms with Gasteiger partial charge >= 0.3 is 29.6 Å². The molecule has 0 aliphatic heterocycles. The number of halogens is 3. The van der Waals surface area contributed by atoms with Gasteiger partial charge < -0.3 is 14.6 Å². The molecule has 0 saturated carbocycles. The Balaban J connectivity index is 0.00000289. The molecule has 2 aromatic carbocycles. The van der Waals surface area contributed by atoms with E-state index in [1.54, 1.807) is 12.3 Å². The second-order valence-electron chi connectivity index (χ2n) is 7.17. The maximum atomic E-state index is 13.9. The van der Waals surface area contributed by atoms with Gasteiger partial charge in [-0.3, -0.25) is 0 Å². The van der Waals surface area contributed by atoms with E-state index in [0.717, 1.165) is 35.8 Å². The molecule has 4 rings (SSSR count). The Morgan fingerprint density at radius 1 is 1.00 bits per heavy atom. The van der Waals surface area contributed by atoms with Gasteiger partial charge in [0.25, 0.3) is 0 Å². The van der Waals surface area contributed by atoms with Gasteiger partial charge in [-0.1, -0.05) is 6.07 Å². The summed E-state index contributed by atoms with van der Waals surface area (Å²) in [4.78, 5) is 15.5. The van der Waals surface area contributed by atoms with Gasteiger partial charge in [-0.25, -0.2) is 18.2 Å². The first-order chi connectivity index (χ1) is 14.9. The Hall–Kier alpha value is -2.61. The number of carbonyl (C=O) groups is 1. The van der Waals surface area contributed by atoms with Crippen molar-refractivity contribution in [2.45, 2.75) is 25.9 Å². The molecule has 0 bridgehead atoms. The minimum atomic E-state index is -1.58. The molecule has 158 valence electrons. The second kappa shape index (κ2) is 10.3. The molecule has 0 unspecified atom stereocenters. The summed E-state index contributed by atoms with van der Waals surface area (Å²) in [5.41, 5.74) is 2.75. The summed E-state index contributed by atoms with van der Waals surface area (Å²) >= 11 is 0. The van der Waals surface area contributed by atoms with E-state index in [0.29, 0.717) is 24.0 Å². The molecule has 0 amide bonds. The number of carboxylic acid groups (broad SMARTS) is 1. The predicted molar refractivity (Wildman–Crippen MR) is 106 cm³/mol. The van der Waals surface area contributed by atoms with Gasteiger partial charge in [-0.05, 0) is 72.4 Å². The van der Waals surface area contributed by atoms with Gasteiger partial charge in [0.1, 0.15) is 24.1 Å². The van der Waals surface area contributed by atoms with Crippen LogP contribution in [0.5, 0.6) is 5.88 Å². The van der Waals surface area contributed by atoms with E-state index < -0.39 is 29.0 Å². The third-order valence-electron chi connectivity index (χ3n) is 5.23. The Bertz CT molecular complexity index is 1200. The molecule has 3 aromatic rings. The normalized spacial score (nSPS) is 13.1. The standard InChI is InChI=1S/C24H18F3NO3.Na/c25-16-8-6-15(22(27)12-16)13-31-23-19(5-2-10-28-23)18-4-1-3-17(18)14-7-9-21(26)20(11-14)24(29)30;/h2,5-12H,1,3-4,13H2,(H,29,30);/q;+1/p-1. The Morgan fingerprint density at radius 3 is 2.53 bits per heavy atom. The van der Waals surface area contributed by atoms with Crippen molar-refractivity contribution in [3.63, 3.8) is 0 Å². The maximum Gasteiger partial charge on any atom is 1.00 e. The van der Waals surface area contributed by atoms with Crippen molar-refractivity contribution in [1.29, 1.82) is 0 Å². The van der Waals surface area contributed by atoms with Gasteiger partial charge in [0.2, 0.25) is 5.88 Å². The number of aromatic nitrogens is 1. The van der Waals surface area contributed by atoms with Crippen molar-refractivity contribution in [2.75, 3.05) is 0 Å². The summed E-state index contributed by atoms with van der Waals surface area (Å²) in [7, 11) is 0. The van der Waals surface area contributed by atoms with E-state index >= 15 is 0 Å². The van der Waals surface area contributed by atoms with Crippen LogP contribution in [0.3, 0.4) is 0 Å². The molecule has 0 spiro atoms. The molecule has 0 radical (unpaired) electrons. The molecule has 8 heteroatoms. The van der Waals surface area contributed by atoms with Crippen molar-refractivity contribution in [2.24, 2.45) is 0 Å². The third-order valence-corrected chi connectivity index (χ3v) is 5.23. The molecule has 1 aliphatic carbocycles. The molecule has 0 fully saturated rings. The van der Waals surface area contributed by atoms with Crippen molar-refractivity contribution in [1.82, 2.24) is 4.98 Å². The summed E-state index contributed by atoms with van der Waals surface area (Å²) in [6.45, 7) is -0.135. The van der Waals surface area contributed by atoms with Gasteiger partial charge in [-0.15, -0.1) is 0 Å². The molecule has 32 heavy (non-hydrogen) atoms. The van der Waals surface area contributed by atoms with E-state index in [2.05, 4.69) is 4.98 Å². The average molecular weight is 447 g/mol. The summed E-state index contributed by atoms with van der Waals surface area (Å²) in [5, 5.41) is 11.2. The molecule has 0 saturated heterocycles. The van der Waals surface area contributed by atoms with E-state index in [-0.39, 0.29) is 47.6 Å². The first-order valence-corrected chi connectivity index (χ1v) is 9.69. The van der Waals surface area contributed by atoms with Crippen molar-refractivity contribution < 1.29 is 57.4 Å². The number of hydrogen-bond donors (Lipinski definition) is 0. The molecule has 1 aliphatic rings. The van der Waals surface area contributed by atoms with Crippen LogP contribution in [0.2, 0.25) is 0 Å². The zero-order chi connectivity index (χ0) is 22.0. The number of ether oxygens (including phenoxy) is 1. The predicted octanol–water partition coefficient (Wildman–Crippen LogP) is 1.54. The molecular formula is C24H17F3NNaO3. The van der Waals surface area contributed by atoms with E-state index in [1.165, 1.54) is 18.2 Å². The summed E-state index contributed by atoms with van der Waals surface area (Å²) < 4.78 is 46.6. The zero-order valence-corrected chi connectivity index (χ0v) is 19.3. The first-order valence-electron chi connectivity index (χ1n) is 9.69. The number of rotatable bonds is 6. The number of pyridine rings is 1. The number of allylic oxidation sites excluding steroid dienone is 2. The van der Waals surface area contributed by atoms with Crippen molar-refractivity contribution >= 4 is 17.1 Å². The summed E-state index contributed by atoms with van der Waals surface area (Å²) in [6, 6.07) is 10.7. The van der Waals surface area contributed by atoms with E-state index in [4.69, 9.17) is 4.74 Å². The smallest absolute Gasteiger partial charge is 0.545 e. The van der Waals surface area contributed by atoms with Crippen LogP contribution >= 0.6 is 0 Å². The maximum absolute atomic E-state index is 13.9. The van der Waals surface area contributed by atoms with Gasteiger partial charge in [0.15, 0.2) is 0 Å². The molecular weight excluding hydrogens is 430 g/mol. The molecule has 0 atom stereocenters. The summed E-state index contributed by atoms with van der Waals surface area (Å²) in [6.07, 6.45) is 3.74. The molecule has 4 nitrogen and oxygen atoms in total. The van der Waals surface area contributed by atoms with Crippen LogP contribution in [-0.2, 0) is 6.61 Å². The van der Waals surface area contributed by atoms with Crippen LogP contribution in [0.25, 0.3) is 11.1 Å². The molecule has 1 heterocycles. The van der Waals surface area contributed by atoms with E-state index in [1.807, 2.05) is 6.07 Å². The number of carbonyl (C=O) groups excluding carboxylic acids is 1. The minimum absolute atomic E-state index is 0. The van der Waals surface area contributed by atoms with Crippen molar-refractivity contribution in [3.8, 4) is 5.88 Å². The molecule has 0 N–H and O–H groups in total. The monoisotopic (exact) mass is 447 g/mol. The number of nitrogens with zero attached hydrogens (tertiary/aromatic N) is 1. The third kappa shape index (κ3) is 5.06. The SMILES string of the molecule is O=C([O-])c1cc(C2=C(c3cccnc3OCc3ccc(F)cc3F)CCC2)ccc1F.[Na+]. The number of benzene rings is 2. The average Bonchev–Trinajstić information content (AvgIpc) is 3.23. The van der Waals surface area contributed by atoms with Crippen LogP contribution in [0.4, 0.5) is 13.2 Å². The quantitative estimate of drug-likeness (QED) is 0.538. The summed E-state index contributed by atoms with van der Waals surface area (Å²) in [5.74, 6) is -3.53. The fourth-order valence-corrected chi connectivity index (χ4v) is 3.75. The van der Waals surface area contributed by atoms with Gasteiger partial charge in [0, 0.05) is 29.0 Å². The van der Waals surface area contributed by atoms with Crippen LogP contribution in [-0.4, -0.2) is 11.0 Å². The van der Waals surface area contributed by atoms with Crippen molar-refractivity contribution in [3.05, 3.63) is 94.4 Å². The minimum Gasteiger partial charge on any atom is -0.545 e. The fraction of sp³-hybridized carbons (Fsp3) is 0.167. The topological polar surface area (TPSA) is 62.2 Å². The Kier molecular flexibility index (Phi) is 7.77. The number of carboxylic acids is 1. The van der Waals surface area contributed by atoms with Gasteiger partial charge in [0.05, 0.1) is 5.97 Å². The first kappa shape index (κ1) is 24.0. The zero-order valence-electron chi connectivity index (χ0n) is 17.3. The van der Waals surface area contributed by atoms with Crippen LogP contribution < -0.4 is 39.4 Å². The van der Waals surface area contributed by atoms with Crippen LogP contribution in [0.1, 0.15) is 46.3 Å². The number of hydrogen-bond acceptors (Lipinski definition) is 4. The molecule has 1 aromatic heterocycles. The van der Waals surface area contributed by atoms with Crippen LogP contribution in [0.15, 0.2) is 54.7 Å². The Labute approximate surface area is 205 Å². The number of aromatic carboxylic acids is 1. The Morgan fingerprint density at radius 2 is 1.78 bits per heavy atom. The van der Waals surface area contributed by atoms with Gasteiger partial charge in [-0.2, -0.15) is 0 Å².